The van der Waals surface area contributed by atoms with E-state index in [9.17, 15) is 34.2 Å². The zero-order valence-electron chi connectivity index (χ0n) is 28.5. The highest BCUT2D eigenvalue weighted by Gasteiger charge is 2.85. The van der Waals surface area contributed by atoms with Crippen LogP contribution in [0.3, 0.4) is 0 Å². The Bertz CT molecular complexity index is 1640. The monoisotopic (exact) mass is 694 g/mol. The Balaban J connectivity index is 1.62. The van der Waals surface area contributed by atoms with E-state index in [-0.39, 0.29) is 18.4 Å². The molecular weight excluding hydrogens is 652 g/mol. The first-order chi connectivity index (χ1) is 23.6. The highest BCUT2D eigenvalue weighted by molar-refractivity contribution is 5.89. The Morgan fingerprint density at radius 2 is 1.50 bits per heavy atom. The fourth-order valence-corrected chi connectivity index (χ4v) is 8.04. The molecule has 3 fully saturated rings. The quantitative estimate of drug-likeness (QED) is 0.211. The lowest BCUT2D eigenvalue weighted by Crippen LogP contribution is -2.81. The zero-order chi connectivity index (χ0) is 36.5. The number of aliphatic hydroxyl groups is 2. The summed E-state index contributed by atoms with van der Waals surface area (Å²) in [7, 11) is 0. The Labute approximate surface area is 289 Å². The van der Waals surface area contributed by atoms with E-state index in [0.717, 1.165) is 13.8 Å². The van der Waals surface area contributed by atoms with Crippen LogP contribution in [-0.2, 0) is 47.6 Å². The number of carbonyl (C=O) groups is 5. The first-order valence-electron chi connectivity index (χ1n) is 16.3. The summed E-state index contributed by atoms with van der Waals surface area (Å²) in [5.74, 6) is -5.24. The van der Waals surface area contributed by atoms with Gasteiger partial charge in [-0.2, -0.15) is 0 Å². The van der Waals surface area contributed by atoms with Crippen molar-refractivity contribution >= 4 is 35.9 Å². The van der Waals surface area contributed by atoms with Crippen molar-refractivity contribution in [3.63, 3.8) is 0 Å². The summed E-state index contributed by atoms with van der Waals surface area (Å²) in [4.78, 5) is 63.8. The number of carbonyl (C=O) groups excluding carboxylic acids is 5. The molecule has 268 valence electrons. The smallest absolute Gasteiger partial charge is 0.344 e. The van der Waals surface area contributed by atoms with Gasteiger partial charge in [0, 0.05) is 19.9 Å². The van der Waals surface area contributed by atoms with E-state index >= 15 is 0 Å². The van der Waals surface area contributed by atoms with Crippen molar-refractivity contribution < 1.29 is 62.6 Å². The Kier molecular flexibility index (Phi) is 10.2. The minimum absolute atomic E-state index is 0.0157. The number of esters is 5. The number of aliphatic hydroxyl groups excluding tert-OH is 1. The first kappa shape index (κ1) is 36.7. The van der Waals surface area contributed by atoms with Gasteiger partial charge in [0.2, 0.25) is 0 Å². The summed E-state index contributed by atoms with van der Waals surface area (Å²) >= 11 is 0. The maximum atomic E-state index is 13.5. The number of ether oxygens (including phenoxy) is 6. The van der Waals surface area contributed by atoms with Crippen molar-refractivity contribution in [3.05, 3.63) is 77.9 Å². The van der Waals surface area contributed by atoms with Gasteiger partial charge in [0.15, 0.2) is 6.61 Å². The van der Waals surface area contributed by atoms with Crippen LogP contribution in [0, 0.1) is 11.3 Å². The third kappa shape index (κ3) is 6.52. The van der Waals surface area contributed by atoms with Gasteiger partial charge in [0.1, 0.15) is 42.2 Å². The minimum atomic E-state index is -2.03. The Morgan fingerprint density at radius 3 is 2.12 bits per heavy atom. The number of rotatable bonds is 10. The van der Waals surface area contributed by atoms with Crippen LogP contribution < -0.4 is 0 Å². The molecule has 2 aromatic rings. The van der Waals surface area contributed by atoms with E-state index in [1.807, 2.05) is 6.07 Å². The van der Waals surface area contributed by atoms with Gasteiger partial charge in [-0.25, -0.2) is 14.4 Å². The van der Waals surface area contributed by atoms with E-state index in [1.54, 1.807) is 54.6 Å². The molecular formula is C37H42O13. The summed E-state index contributed by atoms with van der Waals surface area (Å²) in [6, 6.07) is 17.1. The number of hydrogen-bond donors (Lipinski definition) is 2. The molecule has 2 N–H and O–H groups in total. The third-order valence-corrected chi connectivity index (χ3v) is 10.2. The molecule has 5 rings (SSSR count). The van der Waals surface area contributed by atoms with Crippen LogP contribution in [0.25, 0.3) is 6.08 Å². The predicted octanol–water partition coefficient (Wildman–Crippen LogP) is 2.94. The van der Waals surface area contributed by atoms with Gasteiger partial charge in [-0.15, -0.1) is 0 Å². The summed E-state index contributed by atoms with van der Waals surface area (Å²) in [6.07, 6.45) is -3.28. The summed E-state index contributed by atoms with van der Waals surface area (Å²) in [5, 5.41) is 24.6. The van der Waals surface area contributed by atoms with E-state index in [2.05, 4.69) is 0 Å². The van der Waals surface area contributed by atoms with E-state index in [1.165, 1.54) is 32.9 Å². The lowest BCUT2D eigenvalue weighted by atomic mass is 9.47. The van der Waals surface area contributed by atoms with E-state index in [0.29, 0.717) is 5.56 Å². The maximum Gasteiger partial charge on any atom is 0.344 e. The summed E-state index contributed by atoms with van der Waals surface area (Å²) in [6.45, 7) is 5.59. The van der Waals surface area contributed by atoms with Crippen LogP contribution >= 0.6 is 0 Å². The van der Waals surface area contributed by atoms with Crippen molar-refractivity contribution in [1.29, 1.82) is 0 Å². The molecule has 3 aliphatic rings. The molecule has 9 unspecified atom stereocenters. The Hall–Kier alpha value is -4.59. The molecule has 1 heterocycles. The van der Waals surface area contributed by atoms with Crippen LogP contribution in [0.4, 0.5) is 0 Å². The molecule has 0 aromatic heterocycles. The molecule has 0 radical (unpaired) electrons. The second-order valence-corrected chi connectivity index (χ2v) is 13.6. The highest BCUT2D eigenvalue weighted by atomic mass is 16.6. The van der Waals surface area contributed by atoms with Crippen LogP contribution in [0.1, 0.15) is 63.4 Å². The normalized spacial score (nSPS) is 34.3. The third-order valence-electron chi connectivity index (χ3n) is 10.2. The second kappa shape index (κ2) is 14.0. The summed E-state index contributed by atoms with van der Waals surface area (Å²) in [5.41, 5.74) is -6.43. The summed E-state index contributed by atoms with van der Waals surface area (Å²) < 4.78 is 35.2. The molecule has 2 bridgehead atoms. The molecule has 9 atom stereocenters. The highest BCUT2D eigenvalue weighted by Crippen LogP contribution is 2.68. The van der Waals surface area contributed by atoms with Crippen molar-refractivity contribution in [2.75, 3.05) is 13.2 Å². The molecule has 13 heteroatoms. The maximum absolute atomic E-state index is 13.5. The molecule has 13 nitrogen and oxygen atoms in total. The van der Waals surface area contributed by atoms with Crippen molar-refractivity contribution in [3.8, 4) is 0 Å². The van der Waals surface area contributed by atoms with Gasteiger partial charge < -0.3 is 38.6 Å². The molecule has 2 aromatic carbocycles. The van der Waals surface area contributed by atoms with Crippen molar-refractivity contribution in [2.45, 2.75) is 88.7 Å². The van der Waals surface area contributed by atoms with Crippen LogP contribution in [0.2, 0.25) is 0 Å². The predicted molar refractivity (Wildman–Crippen MR) is 174 cm³/mol. The van der Waals surface area contributed by atoms with Crippen LogP contribution in [-0.4, -0.2) is 94.5 Å². The van der Waals surface area contributed by atoms with Gasteiger partial charge in [0.25, 0.3) is 0 Å². The molecule has 1 spiro atoms. The fraction of sp³-hybridized carbons (Fsp3) is 0.486. The van der Waals surface area contributed by atoms with Gasteiger partial charge in [-0.05, 0) is 57.4 Å². The van der Waals surface area contributed by atoms with E-state index < -0.39 is 95.6 Å². The minimum Gasteiger partial charge on any atom is -0.459 e. The van der Waals surface area contributed by atoms with Gasteiger partial charge in [-0.1, -0.05) is 48.5 Å². The van der Waals surface area contributed by atoms with Crippen LogP contribution in [0.5, 0.6) is 0 Å². The number of benzene rings is 2. The zero-order valence-corrected chi connectivity index (χ0v) is 28.5. The van der Waals surface area contributed by atoms with Gasteiger partial charge >= 0.3 is 29.8 Å². The first-order valence-corrected chi connectivity index (χ1v) is 16.3. The fourth-order valence-electron chi connectivity index (χ4n) is 8.04. The molecule has 2 saturated carbocycles. The molecule has 1 saturated heterocycles. The molecule has 0 amide bonds. The average Bonchev–Trinajstić information content (AvgIpc) is 3.31. The Morgan fingerprint density at radius 1 is 0.860 bits per heavy atom. The molecule has 2 aliphatic carbocycles. The number of fused-ring (bicyclic) bond motifs is 1. The average molecular weight is 695 g/mol. The van der Waals surface area contributed by atoms with E-state index in [4.69, 9.17) is 28.4 Å². The van der Waals surface area contributed by atoms with Crippen molar-refractivity contribution in [1.82, 2.24) is 0 Å². The SMILES string of the molecule is CC(=O)OCC(=O)OC1CCC(C)(O)C23OC(C)(COC(=O)c4ccccc4)C(C(O)C(OC(=O)C=Cc4ccccc4)C12C)C3OC(C)=O. The molecule has 1 aliphatic heterocycles. The van der Waals surface area contributed by atoms with Gasteiger partial charge in [-0.3, -0.25) is 9.59 Å². The second-order valence-electron chi connectivity index (χ2n) is 13.6. The lowest BCUT2D eigenvalue weighted by Gasteiger charge is -2.64. The number of hydrogen-bond acceptors (Lipinski definition) is 13. The topological polar surface area (TPSA) is 181 Å². The lowest BCUT2D eigenvalue weighted by molar-refractivity contribution is -0.339. The molecule has 50 heavy (non-hydrogen) atoms. The largest absolute Gasteiger partial charge is 0.459 e. The van der Waals surface area contributed by atoms with Crippen LogP contribution in [0.15, 0.2) is 66.7 Å². The van der Waals surface area contributed by atoms with Gasteiger partial charge in [0.05, 0.1) is 22.5 Å². The standard InChI is InChI=1S/C37H42O13/c1-22(38)45-20-28(41)48-26-18-19-35(4,44)37-31(47-23(2)39)29(34(3,50-37)21-46-33(43)25-14-10-7-11-15-25)30(42)32(36(26,37)5)49-27(40)17-16-24-12-8-6-9-13-24/h6-17,26,29-32,42,44H,18-21H2,1-5H3. The van der Waals surface area contributed by atoms with Crippen molar-refractivity contribution in [2.24, 2.45) is 11.3 Å².